The minimum Gasteiger partial charge on any atom is -0.383 e. The minimum absolute atomic E-state index is 0.459. The van der Waals surface area contributed by atoms with Crippen molar-refractivity contribution < 1.29 is 4.74 Å². The van der Waals surface area contributed by atoms with Gasteiger partial charge in [-0.1, -0.05) is 6.92 Å². The number of aromatic nitrogens is 2. The van der Waals surface area contributed by atoms with E-state index in [0.29, 0.717) is 18.4 Å². The maximum absolute atomic E-state index is 5.81. The van der Waals surface area contributed by atoms with Crippen molar-refractivity contribution in [3.8, 4) is 0 Å². The Morgan fingerprint density at radius 3 is 3.00 bits per heavy atom. The van der Waals surface area contributed by atoms with Crippen molar-refractivity contribution in [2.45, 2.75) is 19.9 Å². The van der Waals surface area contributed by atoms with E-state index in [1.807, 2.05) is 10.9 Å². The van der Waals surface area contributed by atoms with Crippen molar-refractivity contribution in [3.63, 3.8) is 0 Å². The lowest BCUT2D eigenvalue weighted by molar-refractivity contribution is 0.182. The van der Waals surface area contributed by atoms with E-state index < -0.39 is 0 Å². The van der Waals surface area contributed by atoms with Crippen LogP contribution in [0.2, 0.25) is 0 Å². The van der Waals surface area contributed by atoms with E-state index in [1.54, 1.807) is 7.11 Å². The Kier molecular flexibility index (Phi) is 5.64. The van der Waals surface area contributed by atoms with Crippen LogP contribution in [0.3, 0.4) is 0 Å². The van der Waals surface area contributed by atoms with Crippen LogP contribution in [0.5, 0.6) is 0 Å². The maximum atomic E-state index is 5.81. The van der Waals surface area contributed by atoms with Crippen LogP contribution in [-0.2, 0) is 17.7 Å². The highest BCUT2D eigenvalue weighted by molar-refractivity contribution is 9.10. The summed E-state index contributed by atoms with van der Waals surface area (Å²) in [5, 5.41) is 4.29. The predicted molar refractivity (Wildman–Crippen MR) is 65.4 cm³/mol. The Balaban J connectivity index is 2.70. The average molecular weight is 296 g/mol. The highest BCUT2D eigenvalue weighted by Crippen LogP contribution is 2.20. The molecule has 1 unspecified atom stereocenters. The molecule has 3 nitrogen and oxygen atoms in total. The van der Waals surface area contributed by atoms with E-state index in [4.69, 9.17) is 16.3 Å². The van der Waals surface area contributed by atoms with Crippen LogP contribution >= 0.6 is 27.5 Å². The van der Waals surface area contributed by atoms with Gasteiger partial charge in [-0.15, -0.1) is 11.6 Å². The quantitative estimate of drug-likeness (QED) is 0.755. The molecule has 1 aromatic heterocycles. The third kappa shape index (κ3) is 3.78. The second kappa shape index (κ2) is 6.51. The number of hydrogen-bond donors (Lipinski definition) is 0. The van der Waals surface area contributed by atoms with Gasteiger partial charge in [0.05, 0.1) is 29.5 Å². The van der Waals surface area contributed by atoms with E-state index >= 15 is 0 Å². The Bertz CT molecular complexity index is 304. The summed E-state index contributed by atoms with van der Waals surface area (Å²) < 4.78 is 8.06. The summed E-state index contributed by atoms with van der Waals surface area (Å²) in [7, 11) is 1.69. The van der Waals surface area contributed by atoms with Crippen LogP contribution in [0.4, 0.5) is 0 Å². The summed E-state index contributed by atoms with van der Waals surface area (Å²) in [5.74, 6) is 1.13. The number of rotatable bonds is 6. The molecular weight excluding hydrogens is 279 g/mol. The third-order valence-electron chi connectivity index (χ3n) is 2.21. The molecular formula is C10H16BrClN2O. The van der Waals surface area contributed by atoms with Gasteiger partial charge < -0.3 is 4.74 Å². The van der Waals surface area contributed by atoms with Gasteiger partial charge in [-0.2, -0.15) is 5.10 Å². The summed E-state index contributed by atoms with van der Waals surface area (Å²) in [6.45, 7) is 3.59. The zero-order valence-electron chi connectivity index (χ0n) is 9.04. The molecule has 86 valence electrons. The van der Waals surface area contributed by atoms with E-state index in [9.17, 15) is 0 Å². The number of hydrogen-bond acceptors (Lipinski definition) is 2. The second-order valence-corrected chi connectivity index (χ2v) is 4.78. The zero-order valence-corrected chi connectivity index (χ0v) is 11.4. The second-order valence-electron chi connectivity index (χ2n) is 3.62. The lowest BCUT2D eigenvalue weighted by Gasteiger charge is -2.10. The van der Waals surface area contributed by atoms with Crippen LogP contribution in [-0.4, -0.2) is 29.4 Å². The summed E-state index contributed by atoms with van der Waals surface area (Å²) >= 11 is 9.31. The van der Waals surface area contributed by atoms with Crippen molar-refractivity contribution in [1.29, 1.82) is 0 Å². The molecule has 1 rings (SSSR count). The predicted octanol–water partition coefficient (Wildman–Crippen LogP) is 2.71. The molecule has 5 heteroatoms. The molecule has 1 aromatic rings. The first-order valence-corrected chi connectivity index (χ1v) is 6.26. The minimum atomic E-state index is 0.459. The van der Waals surface area contributed by atoms with Crippen molar-refractivity contribution in [3.05, 3.63) is 16.4 Å². The Labute approximate surface area is 104 Å². The summed E-state index contributed by atoms with van der Waals surface area (Å²) in [5.41, 5.74) is 1.19. The van der Waals surface area contributed by atoms with Crippen LogP contribution in [0.1, 0.15) is 12.6 Å². The molecule has 0 saturated heterocycles. The Hall–Kier alpha value is -0.0600. The van der Waals surface area contributed by atoms with E-state index in [1.165, 1.54) is 5.69 Å². The first-order chi connectivity index (χ1) is 7.19. The fourth-order valence-corrected chi connectivity index (χ4v) is 1.91. The summed E-state index contributed by atoms with van der Waals surface area (Å²) in [6.07, 6.45) is 2.76. The van der Waals surface area contributed by atoms with Crippen LogP contribution in [0.25, 0.3) is 0 Å². The monoisotopic (exact) mass is 294 g/mol. The highest BCUT2D eigenvalue weighted by atomic mass is 79.9. The summed E-state index contributed by atoms with van der Waals surface area (Å²) in [4.78, 5) is 0. The molecule has 0 aliphatic rings. The van der Waals surface area contributed by atoms with Gasteiger partial charge in [-0.25, -0.2) is 0 Å². The molecule has 0 aliphatic heterocycles. The number of halogens is 2. The maximum Gasteiger partial charge on any atom is 0.0658 e. The number of ether oxygens (including phenoxy) is 1. The Morgan fingerprint density at radius 2 is 2.40 bits per heavy atom. The lowest BCUT2D eigenvalue weighted by atomic mass is 10.1. The van der Waals surface area contributed by atoms with Crippen molar-refractivity contribution in [2.24, 2.45) is 5.92 Å². The molecule has 0 saturated carbocycles. The fraction of sp³-hybridized carbons (Fsp3) is 0.700. The van der Waals surface area contributed by atoms with Gasteiger partial charge in [0.1, 0.15) is 0 Å². The SMILES string of the molecule is COCCn1ncc(Br)c1CC(C)CCl. The van der Waals surface area contributed by atoms with Crippen molar-refractivity contribution in [1.82, 2.24) is 9.78 Å². The van der Waals surface area contributed by atoms with Crippen molar-refractivity contribution in [2.75, 3.05) is 19.6 Å². The van der Waals surface area contributed by atoms with Gasteiger partial charge >= 0.3 is 0 Å². The van der Waals surface area contributed by atoms with Gasteiger partial charge in [0.15, 0.2) is 0 Å². The van der Waals surface area contributed by atoms with Gasteiger partial charge in [-0.05, 0) is 28.3 Å². The molecule has 0 bridgehead atoms. The molecule has 0 radical (unpaired) electrons. The molecule has 15 heavy (non-hydrogen) atoms. The largest absolute Gasteiger partial charge is 0.383 e. The number of nitrogens with zero attached hydrogens (tertiary/aromatic N) is 2. The fourth-order valence-electron chi connectivity index (χ4n) is 1.35. The third-order valence-corrected chi connectivity index (χ3v) is 3.40. The molecule has 0 N–H and O–H groups in total. The normalized spacial score (nSPS) is 13.1. The van der Waals surface area contributed by atoms with Gasteiger partial charge in [-0.3, -0.25) is 4.68 Å². The van der Waals surface area contributed by atoms with E-state index in [2.05, 4.69) is 28.0 Å². The first kappa shape index (κ1) is 13.0. The lowest BCUT2D eigenvalue weighted by Crippen LogP contribution is -2.12. The summed E-state index contributed by atoms with van der Waals surface area (Å²) in [6, 6.07) is 0. The molecule has 0 aliphatic carbocycles. The van der Waals surface area contributed by atoms with Crippen LogP contribution < -0.4 is 0 Å². The molecule has 0 aromatic carbocycles. The van der Waals surface area contributed by atoms with Crippen LogP contribution in [0, 0.1) is 5.92 Å². The van der Waals surface area contributed by atoms with E-state index in [-0.39, 0.29) is 0 Å². The average Bonchev–Trinajstić information content (AvgIpc) is 2.57. The van der Waals surface area contributed by atoms with Gasteiger partial charge in [0, 0.05) is 13.0 Å². The van der Waals surface area contributed by atoms with Gasteiger partial charge in [0.25, 0.3) is 0 Å². The molecule has 0 spiro atoms. The highest BCUT2D eigenvalue weighted by Gasteiger charge is 2.11. The van der Waals surface area contributed by atoms with Crippen LogP contribution in [0.15, 0.2) is 10.7 Å². The molecule has 1 atom stereocenters. The molecule has 0 amide bonds. The number of methoxy groups -OCH3 is 1. The zero-order chi connectivity index (χ0) is 11.3. The molecule has 1 heterocycles. The van der Waals surface area contributed by atoms with Gasteiger partial charge in [0.2, 0.25) is 0 Å². The number of alkyl halides is 1. The Morgan fingerprint density at radius 1 is 1.67 bits per heavy atom. The molecule has 0 fully saturated rings. The van der Waals surface area contributed by atoms with Crippen molar-refractivity contribution >= 4 is 27.5 Å². The smallest absolute Gasteiger partial charge is 0.0658 e. The standard InChI is InChI=1S/C10H16BrClN2O/c1-8(6-12)5-10-9(11)7-13-14(10)3-4-15-2/h7-8H,3-6H2,1-2H3. The first-order valence-electron chi connectivity index (χ1n) is 4.94. The van der Waals surface area contributed by atoms with E-state index in [0.717, 1.165) is 17.4 Å². The topological polar surface area (TPSA) is 27.1 Å².